The Labute approximate surface area is 201 Å². The van der Waals surface area contributed by atoms with Gasteiger partial charge in [-0.3, -0.25) is 9.59 Å². The zero-order valence-electron chi connectivity index (χ0n) is 19.0. The molecule has 3 rings (SSSR count). The Hall–Kier alpha value is -1.98. The number of carbonyl (C=O) groups excluding carboxylic acids is 2. The van der Waals surface area contributed by atoms with Crippen LogP contribution in [0.3, 0.4) is 0 Å². The predicted octanol–water partition coefficient (Wildman–Crippen LogP) is 6.00. The lowest BCUT2D eigenvalue weighted by molar-refractivity contribution is -0.139. The van der Waals surface area contributed by atoms with Gasteiger partial charge >= 0.3 is 0 Å². The summed E-state index contributed by atoms with van der Waals surface area (Å²) in [6.07, 6.45) is 6.20. The molecule has 1 fully saturated rings. The molecule has 1 aliphatic rings. The monoisotopic (exact) mass is 472 g/mol. The average Bonchev–Trinajstić information content (AvgIpc) is 2.80. The van der Waals surface area contributed by atoms with Gasteiger partial charge in [0.25, 0.3) is 0 Å². The average molecular weight is 473 g/mol. The fourth-order valence-corrected chi connectivity index (χ4v) is 5.10. The van der Waals surface area contributed by atoms with Crippen molar-refractivity contribution in [3.8, 4) is 0 Å². The highest BCUT2D eigenvalue weighted by Crippen LogP contribution is 2.23. The van der Waals surface area contributed by atoms with Gasteiger partial charge in [-0.1, -0.05) is 62.1 Å². The minimum absolute atomic E-state index is 0.0288. The second-order valence-electron chi connectivity index (χ2n) is 8.46. The summed E-state index contributed by atoms with van der Waals surface area (Å²) < 4.78 is 0. The van der Waals surface area contributed by atoms with E-state index >= 15 is 0 Å². The molecule has 2 aromatic rings. The molecule has 2 aromatic carbocycles. The number of hydrogen-bond donors (Lipinski definition) is 1. The summed E-state index contributed by atoms with van der Waals surface area (Å²) in [5.41, 5.74) is 2.19. The van der Waals surface area contributed by atoms with Crippen LogP contribution in [0.5, 0.6) is 0 Å². The molecule has 1 unspecified atom stereocenters. The van der Waals surface area contributed by atoms with Crippen molar-refractivity contribution in [1.82, 2.24) is 10.2 Å². The van der Waals surface area contributed by atoms with E-state index in [1.807, 2.05) is 62.4 Å². The Bertz CT molecular complexity index is 897. The fraction of sp³-hybridized carbons (Fsp3) is 0.462. The Morgan fingerprint density at radius 3 is 2.44 bits per heavy atom. The van der Waals surface area contributed by atoms with Crippen LogP contribution in [0.15, 0.2) is 53.4 Å². The summed E-state index contributed by atoms with van der Waals surface area (Å²) in [6, 6.07) is 15.3. The molecule has 1 saturated carbocycles. The van der Waals surface area contributed by atoms with Gasteiger partial charge in [0.2, 0.25) is 11.8 Å². The number of halogens is 1. The van der Waals surface area contributed by atoms with Gasteiger partial charge in [-0.05, 0) is 61.6 Å². The molecule has 0 heterocycles. The maximum absolute atomic E-state index is 13.4. The summed E-state index contributed by atoms with van der Waals surface area (Å²) in [5, 5.41) is 3.90. The molecule has 0 aromatic heterocycles. The van der Waals surface area contributed by atoms with E-state index < -0.39 is 6.04 Å². The number of nitrogens with one attached hydrogen (secondary N) is 1. The Morgan fingerprint density at radius 2 is 1.78 bits per heavy atom. The summed E-state index contributed by atoms with van der Waals surface area (Å²) in [4.78, 5) is 29.4. The summed E-state index contributed by atoms with van der Waals surface area (Å²) in [7, 11) is 0. The third-order valence-electron chi connectivity index (χ3n) is 6.12. The lowest BCUT2D eigenvalue weighted by Crippen LogP contribution is -2.52. The molecule has 1 atom stereocenters. The lowest BCUT2D eigenvalue weighted by atomic mass is 9.95. The first-order valence-corrected chi connectivity index (χ1v) is 12.9. The molecule has 0 bridgehead atoms. The number of hydrogen-bond acceptors (Lipinski definition) is 3. The molecule has 0 radical (unpaired) electrons. The molecule has 0 aliphatic heterocycles. The number of nitrogens with zero attached hydrogens (tertiary/aromatic N) is 1. The van der Waals surface area contributed by atoms with Crippen LogP contribution in [-0.4, -0.2) is 34.6 Å². The first-order chi connectivity index (χ1) is 15.5. The maximum Gasteiger partial charge on any atom is 0.243 e. The van der Waals surface area contributed by atoms with Crippen LogP contribution >= 0.6 is 23.4 Å². The van der Waals surface area contributed by atoms with Crippen LogP contribution in [0.4, 0.5) is 0 Å². The van der Waals surface area contributed by atoms with E-state index in [-0.39, 0.29) is 23.6 Å². The normalized spacial score (nSPS) is 15.2. The van der Waals surface area contributed by atoms with E-state index in [0.29, 0.717) is 18.0 Å². The molecular formula is C26H33ClN2O2S. The van der Waals surface area contributed by atoms with Gasteiger partial charge < -0.3 is 10.2 Å². The molecular weight excluding hydrogens is 440 g/mol. The number of thioether (sulfide) groups is 1. The zero-order chi connectivity index (χ0) is 22.9. The van der Waals surface area contributed by atoms with Crippen molar-refractivity contribution in [3.63, 3.8) is 0 Å². The molecule has 1 N–H and O–H groups in total. The Balaban J connectivity index is 1.75. The van der Waals surface area contributed by atoms with E-state index in [4.69, 9.17) is 11.6 Å². The van der Waals surface area contributed by atoms with Gasteiger partial charge in [0.15, 0.2) is 0 Å². The van der Waals surface area contributed by atoms with Gasteiger partial charge in [0.05, 0.1) is 5.75 Å². The van der Waals surface area contributed by atoms with Gasteiger partial charge in [-0.2, -0.15) is 0 Å². The van der Waals surface area contributed by atoms with E-state index in [1.165, 1.54) is 18.2 Å². The highest BCUT2D eigenvalue weighted by atomic mass is 35.5. The van der Waals surface area contributed by atoms with Gasteiger partial charge in [0.1, 0.15) is 6.04 Å². The first-order valence-electron chi connectivity index (χ1n) is 11.5. The summed E-state index contributed by atoms with van der Waals surface area (Å²) in [5.74, 6) is 0.220. The largest absolute Gasteiger partial charge is 0.352 e. The second-order valence-corrected chi connectivity index (χ2v) is 9.94. The minimum atomic E-state index is -0.477. The third kappa shape index (κ3) is 7.01. The van der Waals surface area contributed by atoms with Crippen molar-refractivity contribution < 1.29 is 9.59 Å². The molecule has 32 heavy (non-hydrogen) atoms. The number of rotatable bonds is 9. The van der Waals surface area contributed by atoms with Gasteiger partial charge in [-0.15, -0.1) is 11.8 Å². The SMILES string of the molecule is CCC(C(=O)NC1CCCCC1)N(Cc1ccccc1C)C(=O)CSc1ccc(Cl)cc1. The van der Waals surface area contributed by atoms with Crippen LogP contribution in [0.1, 0.15) is 56.6 Å². The summed E-state index contributed by atoms with van der Waals surface area (Å²) in [6.45, 7) is 4.46. The first kappa shape index (κ1) is 24.7. The zero-order valence-corrected chi connectivity index (χ0v) is 20.6. The topological polar surface area (TPSA) is 49.4 Å². The van der Waals surface area contributed by atoms with Crippen molar-refractivity contribution in [2.45, 2.75) is 75.9 Å². The van der Waals surface area contributed by atoms with Gasteiger partial charge in [-0.25, -0.2) is 0 Å². The molecule has 2 amide bonds. The predicted molar refractivity (Wildman–Crippen MR) is 133 cm³/mol. The molecule has 0 saturated heterocycles. The maximum atomic E-state index is 13.4. The second kappa shape index (κ2) is 12.3. The fourth-order valence-electron chi connectivity index (χ4n) is 4.19. The standard InChI is InChI=1S/C26H33ClN2O2S/c1-3-24(26(31)28-22-11-5-4-6-12-22)29(17-20-10-8-7-9-19(20)2)25(30)18-32-23-15-13-21(27)14-16-23/h7-10,13-16,22,24H,3-6,11-12,17-18H2,1-2H3,(H,28,31). The molecule has 172 valence electrons. The van der Waals surface area contributed by atoms with Crippen LogP contribution in [0, 0.1) is 6.92 Å². The van der Waals surface area contributed by atoms with Gasteiger partial charge in [0, 0.05) is 22.5 Å². The number of amides is 2. The number of benzene rings is 2. The van der Waals surface area contributed by atoms with Crippen LogP contribution in [0.2, 0.25) is 5.02 Å². The van der Waals surface area contributed by atoms with Crippen molar-refractivity contribution in [1.29, 1.82) is 0 Å². The molecule has 6 heteroatoms. The van der Waals surface area contributed by atoms with Crippen molar-refractivity contribution in [3.05, 3.63) is 64.7 Å². The van der Waals surface area contributed by atoms with E-state index in [1.54, 1.807) is 4.90 Å². The molecule has 4 nitrogen and oxygen atoms in total. The quantitative estimate of drug-likeness (QED) is 0.455. The van der Waals surface area contributed by atoms with Crippen LogP contribution in [-0.2, 0) is 16.1 Å². The summed E-state index contributed by atoms with van der Waals surface area (Å²) >= 11 is 7.45. The van der Waals surface area contributed by atoms with Crippen LogP contribution < -0.4 is 5.32 Å². The highest BCUT2D eigenvalue weighted by molar-refractivity contribution is 8.00. The molecule has 0 spiro atoms. The van der Waals surface area contributed by atoms with Crippen molar-refractivity contribution in [2.75, 3.05) is 5.75 Å². The number of carbonyl (C=O) groups is 2. The highest BCUT2D eigenvalue weighted by Gasteiger charge is 2.30. The Morgan fingerprint density at radius 1 is 1.09 bits per heavy atom. The minimum Gasteiger partial charge on any atom is -0.352 e. The van der Waals surface area contributed by atoms with E-state index in [9.17, 15) is 9.59 Å². The van der Waals surface area contributed by atoms with E-state index in [2.05, 4.69) is 5.32 Å². The van der Waals surface area contributed by atoms with Crippen LogP contribution in [0.25, 0.3) is 0 Å². The number of aryl methyl sites for hydroxylation is 1. The lowest BCUT2D eigenvalue weighted by Gasteiger charge is -2.33. The molecule has 1 aliphatic carbocycles. The van der Waals surface area contributed by atoms with Crippen molar-refractivity contribution in [2.24, 2.45) is 0 Å². The smallest absolute Gasteiger partial charge is 0.243 e. The van der Waals surface area contributed by atoms with Crippen molar-refractivity contribution >= 4 is 35.2 Å². The van der Waals surface area contributed by atoms with E-state index in [0.717, 1.165) is 41.7 Å². The Kier molecular flexibility index (Phi) is 9.49. The third-order valence-corrected chi connectivity index (χ3v) is 7.36.